The molecule has 0 aliphatic heterocycles. The molecule has 22 heavy (non-hydrogen) atoms. The predicted molar refractivity (Wildman–Crippen MR) is 79.3 cm³/mol. The predicted octanol–water partition coefficient (Wildman–Crippen LogP) is 1.51. The van der Waals surface area contributed by atoms with Gasteiger partial charge in [-0.25, -0.2) is 0 Å². The van der Waals surface area contributed by atoms with Crippen molar-refractivity contribution in [3.8, 4) is 6.07 Å². The van der Waals surface area contributed by atoms with E-state index in [1.54, 1.807) is 29.2 Å². The first-order valence-corrected chi connectivity index (χ1v) is 7.15. The Labute approximate surface area is 131 Å². The van der Waals surface area contributed by atoms with Crippen molar-refractivity contribution in [2.75, 3.05) is 0 Å². The summed E-state index contributed by atoms with van der Waals surface area (Å²) >= 11 is 6.02. The fourth-order valence-corrected chi connectivity index (χ4v) is 2.79. The first-order chi connectivity index (χ1) is 10.6. The lowest BCUT2D eigenvalue weighted by molar-refractivity contribution is -0.00588. The van der Waals surface area contributed by atoms with Crippen molar-refractivity contribution in [1.82, 2.24) is 15.1 Å². The Morgan fingerprint density at radius 2 is 2.36 bits per heavy atom. The van der Waals surface area contributed by atoms with E-state index in [-0.39, 0.29) is 28.6 Å². The molecule has 0 spiro atoms. The third kappa shape index (κ3) is 2.56. The van der Waals surface area contributed by atoms with E-state index in [2.05, 4.69) is 10.4 Å². The molecule has 2 N–H and O–H groups in total. The van der Waals surface area contributed by atoms with Crippen molar-refractivity contribution in [3.05, 3.63) is 52.8 Å². The van der Waals surface area contributed by atoms with Gasteiger partial charge >= 0.3 is 0 Å². The standard InChI is InChI=1S/C15H13ClN4O2/c16-11-3-2-9(8-17)6-10(11)15(22)19-12-7-13(21)14(12)20-5-1-4-18-20/h1-6,12-14,21H,7H2,(H,19,22)/t12-,13+,14+/m0/s1. The van der Waals surface area contributed by atoms with Crippen molar-refractivity contribution in [3.63, 3.8) is 0 Å². The molecule has 3 atom stereocenters. The lowest BCUT2D eigenvalue weighted by Gasteiger charge is -2.41. The number of aliphatic hydroxyl groups is 1. The Bertz CT molecular complexity index is 738. The van der Waals surface area contributed by atoms with E-state index in [1.807, 2.05) is 6.07 Å². The van der Waals surface area contributed by atoms with E-state index in [9.17, 15) is 9.90 Å². The number of hydrogen-bond acceptors (Lipinski definition) is 4. The highest BCUT2D eigenvalue weighted by molar-refractivity contribution is 6.33. The number of rotatable bonds is 3. The Morgan fingerprint density at radius 3 is 3.00 bits per heavy atom. The van der Waals surface area contributed by atoms with Crippen LogP contribution in [0.1, 0.15) is 28.4 Å². The molecule has 0 saturated heterocycles. The topological polar surface area (TPSA) is 90.9 Å². The van der Waals surface area contributed by atoms with Crippen LogP contribution in [-0.2, 0) is 0 Å². The first-order valence-electron chi connectivity index (χ1n) is 6.78. The summed E-state index contributed by atoms with van der Waals surface area (Å²) in [5, 5.41) is 26.0. The zero-order valence-electron chi connectivity index (χ0n) is 11.5. The summed E-state index contributed by atoms with van der Waals surface area (Å²) in [7, 11) is 0. The number of nitriles is 1. The molecule has 112 valence electrons. The number of aliphatic hydroxyl groups excluding tert-OH is 1. The number of carbonyl (C=O) groups is 1. The van der Waals surface area contributed by atoms with E-state index >= 15 is 0 Å². The number of nitrogens with zero attached hydrogens (tertiary/aromatic N) is 3. The number of halogens is 1. The lowest BCUT2D eigenvalue weighted by Crippen LogP contribution is -2.56. The molecule has 1 aromatic heterocycles. The second kappa shape index (κ2) is 5.79. The zero-order chi connectivity index (χ0) is 15.7. The molecule has 1 amide bonds. The van der Waals surface area contributed by atoms with Crippen LogP contribution in [0.15, 0.2) is 36.7 Å². The van der Waals surface area contributed by atoms with Crippen LogP contribution >= 0.6 is 11.6 Å². The summed E-state index contributed by atoms with van der Waals surface area (Å²) in [5.74, 6) is -0.365. The number of carbonyl (C=O) groups excluding carboxylic acids is 1. The Balaban J connectivity index is 1.76. The van der Waals surface area contributed by atoms with Gasteiger partial charge in [0.25, 0.3) is 5.91 Å². The fraction of sp³-hybridized carbons (Fsp3) is 0.267. The Hall–Kier alpha value is -2.36. The van der Waals surface area contributed by atoms with Crippen LogP contribution in [0.2, 0.25) is 5.02 Å². The van der Waals surface area contributed by atoms with Crippen LogP contribution in [0.25, 0.3) is 0 Å². The second-order valence-electron chi connectivity index (χ2n) is 5.17. The van der Waals surface area contributed by atoms with Gasteiger partial charge < -0.3 is 10.4 Å². The molecule has 1 heterocycles. The molecular formula is C15H13ClN4O2. The maximum absolute atomic E-state index is 12.3. The van der Waals surface area contributed by atoms with Crippen LogP contribution in [0.4, 0.5) is 0 Å². The third-order valence-electron chi connectivity index (χ3n) is 3.79. The minimum absolute atomic E-state index is 0.232. The molecule has 7 heteroatoms. The number of benzene rings is 1. The number of hydrogen-bond donors (Lipinski definition) is 2. The highest BCUT2D eigenvalue weighted by Gasteiger charge is 2.42. The van der Waals surface area contributed by atoms with Crippen LogP contribution in [0.5, 0.6) is 0 Å². The van der Waals surface area contributed by atoms with Gasteiger partial charge in [0.1, 0.15) is 0 Å². The first kappa shape index (κ1) is 14.6. The molecule has 0 bridgehead atoms. The highest BCUT2D eigenvalue weighted by atomic mass is 35.5. The molecule has 6 nitrogen and oxygen atoms in total. The van der Waals surface area contributed by atoms with Gasteiger partial charge in [0.05, 0.1) is 40.4 Å². The maximum atomic E-state index is 12.3. The number of amides is 1. The minimum Gasteiger partial charge on any atom is -0.391 e. The molecule has 3 rings (SSSR count). The van der Waals surface area contributed by atoms with Crippen molar-refractivity contribution in [2.24, 2.45) is 0 Å². The van der Waals surface area contributed by atoms with Gasteiger partial charge in [-0.1, -0.05) is 11.6 Å². The van der Waals surface area contributed by atoms with Crippen LogP contribution < -0.4 is 5.32 Å². The summed E-state index contributed by atoms with van der Waals surface area (Å²) in [6.07, 6.45) is 3.27. The molecule has 1 fully saturated rings. The van der Waals surface area contributed by atoms with Gasteiger partial charge in [-0.3, -0.25) is 9.48 Å². The normalized spacial score (nSPS) is 23.4. The van der Waals surface area contributed by atoms with E-state index < -0.39 is 6.10 Å². The van der Waals surface area contributed by atoms with E-state index in [1.165, 1.54) is 12.1 Å². The molecule has 1 aromatic carbocycles. The summed E-state index contributed by atoms with van der Waals surface area (Å²) in [6.45, 7) is 0. The molecule has 0 unspecified atom stereocenters. The highest BCUT2D eigenvalue weighted by Crippen LogP contribution is 2.32. The van der Waals surface area contributed by atoms with E-state index in [0.29, 0.717) is 12.0 Å². The van der Waals surface area contributed by atoms with Gasteiger partial charge in [-0.2, -0.15) is 10.4 Å². The SMILES string of the molecule is N#Cc1ccc(Cl)c(C(=O)N[C@H]2C[C@@H](O)[C@@H]2n2cccn2)c1. The quantitative estimate of drug-likeness (QED) is 0.898. The number of aromatic nitrogens is 2. The van der Waals surface area contributed by atoms with E-state index in [0.717, 1.165) is 0 Å². The molecule has 1 aliphatic rings. The zero-order valence-corrected chi connectivity index (χ0v) is 12.2. The average Bonchev–Trinajstić information content (AvgIpc) is 3.00. The van der Waals surface area contributed by atoms with Crippen molar-refractivity contribution < 1.29 is 9.90 Å². The number of nitrogens with one attached hydrogen (secondary N) is 1. The van der Waals surface area contributed by atoms with Gasteiger partial charge in [0.15, 0.2) is 0 Å². The van der Waals surface area contributed by atoms with E-state index in [4.69, 9.17) is 16.9 Å². The molecular weight excluding hydrogens is 304 g/mol. The average molecular weight is 317 g/mol. The summed E-state index contributed by atoms with van der Waals surface area (Å²) < 4.78 is 1.63. The smallest absolute Gasteiger partial charge is 0.253 e. The summed E-state index contributed by atoms with van der Waals surface area (Å²) in [6, 6.07) is 7.74. The Kier molecular flexibility index (Phi) is 3.84. The van der Waals surface area contributed by atoms with Crippen molar-refractivity contribution in [2.45, 2.75) is 24.6 Å². The van der Waals surface area contributed by atoms with Gasteiger partial charge in [-0.05, 0) is 30.7 Å². The largest absolute Gasteiger partial charge is 0.391 e. The van der Waals surface area contributed by atoms with Gasteiger partial charge in [-0.15, -0.1) is 0 Å². The fourth-order valence-electron chi connectivity index (χ4n) is 2.59. The minimum atomic E-state index is -0.550. The Morgan fingerprint density at radius 1 is 1.55 bits per heavy atom. The van der Waals surface area contributed by atoms with Gasteiger partial charge in [0, 0.05) is 12.4 Å². The monoisotopic (exact) mass is 316 g/mol. The summed E-state index contributed by atoms with van der Waals surface area (Å²) in [4.78, 5) is 12.3. The molecule has 1 saturated carbocycles. The van der Waals surface area contributed by atoms with Crippen LogP contribution in [-0.4, -0.2) is 32.9 Å². The molecule has 1 aliphatic carbocycles. The van der Waals surface area contributed by atoms with Crippen LogP contribution in [0, 0.1) is 11.3 Å². The van der Waals surface area contributed by atoms with Crippen molar-refractivity contribution >= 4 is 17.5 Å². The molecule has 2 aromatic rings. The lowest BCUT2D eigenvalue weighted by atomic mass is 9.83. The maximum Gasteiger partial charge on any atom is 0.253 e. The molecule has 0 radical (unpaired) electrons. The third-order valence-corrected chi connectivity index (χ3v) is 4.12. The van der Waals surface area contributed by atoms with Crippen molar-refractivity contribution in [1.29, 1.82) is 5.26 Å². The summed E-state index contributed by atoms with van der Waals surface area (Å²) in [5.41, 5.74) is 0.619. The second-order valence-corrected chi connectivity index (χ2v) is 5.57. The van der Waals surface area contributed by atoms with Gasteiger partial charge in [0.2, 0.25) is 0 Å². The van der Waals surface area contributed by atoms with Crippen LogP contribution in [0.3, 0.4) is 0 Å².